The van der Waals surface area contributed by atoms with E-state index in [1.165, 1.54) is 0 Å². The summed E-state index contributed by atoms with van der Waals surface area (Å²) < 4.78 is 6.17. The number of nitrogens with zero attached hydrogens (tertiary/aromatic N) is 2. The minimum absolute atomic E-state index is 0.00853. The molecule has 1 unspecified atom stereocenters. The Balaban J connectivity index is 1.63. The van der Waals surface area contributed by atoms with Crippen molar-refractivity contribution in [1.29, 1.82) is 0 Å². The van der Waals surface area contributed by atoms with E-state index in [0.29, 0.717) is 13.2 Å². The van der Waals surface area contributed by atoms with Gasteiger partial charge in [-0.25, -0.2) is 0 Å². The number of carbonyl (C=O) groups is 1. The van der Waals surface area contributed by atoms with Crippen LogP contribution in [0.2, 0.25) is 0 Å². The van der Waals surface area contributed by atoms with Gasteiger partial charge in [-0.2, -0.15) is 0 Å². The van der Waals surface area contributed by atoms with Crippen LogP contribution >= 0.6 is 0 Å². The Bertz CT molecular complexity index is 1040. The summed E-state index contributed by atoms with van der Waals surface area (Å²) in [5.41, 5.74) is 3.16. The zero-order chi connectivity index (χ0) is 21.7. The lowest BCUT2D eigenvalue weighted by atomic mass is 9.89. The van der Waals surface area contributed by atoms with Crippen LogP contribution in [0.3, 0.4) is 0 Å². The van der Waals surface area contributed by atoms with E-state index < -0.39 is 5.54 Å². The third-order valence-corrected chi connectivity index (χ3v) is 5.99. The maximum absolute atomic E-state index is 13.2. The number of ether oxygens (including phenoxy) is 1. The van der Waals surface area contributed by atoms with Crippen LogP contribution in [-0.4, -0.2) is 29.4 Å². The van der Waals surface area contributed by atoms with Crippen molar-refractivity contribution >= 4 is 5.91 Å². The van der Waals surface area contributed by atoms with Crippen LogP contribution in [0.25, 0.3) is 0 Å². The fraction of sp³-hybridized carbons (Fsp3) is 0.308. The van der Waals surface area contributed by atoms with E-state index in [-0.39, 0.29) is 5.91 Å². The topological polar surface area (TPSA) is 54.5 Å². The first kappa shape index (κ1) is 21.1. The van der Waals surface area contributed by atoms with Gasteiger partial charge in [-0.3, -0.25) is 14.7 Å². The van der Waals surface area contributed by atoms with Crippen LogP contribution in [0.4, 0.5) is 0 Å². The van der Waals surface area contributed by atoms with E-state index in [2.05, 4.69) is 28.4 Å². The number of carbonyl (C=O) groups excluding carboxylic acids is 1. The molecule has 2 aromatic carbocycles. The second kappa shape index (κ2) is 9.31. The van der Waals surface area contributed by atoms with Gasteiger partial charge in [0.2, 0.25) is 5.91 Å². The summed E-state index contributed by atoms with van der Waals surface area (Å²) in [6, 6.07) is 24.2. The number of nitrogens with one attached hydrogen (secondary N) is 1. The van der Waals surface area contributed by atoms with E-state index in [1.54, 1.807) is 7.05 Å². The number of aryl methyl sites for hydroxylation is 1. The lowest BCUT2D eigenvalue weighted by molar-refractivity contribution is -0.132. The van der Waals surface area contributed by atoms with Crippen LogP contribution in [0.1, 0.15) is 35.4 Å². The first-order chi connectivity index (χ1) is 15.1. The molecule has 1 aliphatic rings. The Labute approximate surface area is 184 Å². The summed E-state index contributed by atoms with van der Waals surface area (Å²) in [7, 11) is 1.70. The number of likely N-dealkylation sites (tertiary alicyclic amines) is 1. The minimum Gasteiger partial charge on any atom is -0.489 e. The number of likely N-dealkylation sites (N-methyl/N-ethyl adjacent to an activating group) is 1. The van der Waals surface area contributed by atoms with Crippen molar-refractivity contribution in [1.82, 2.24) is 15.2 Å². The first-order valence-corrected chi connectivity index (χ1v) is 10.8. The summed E-state index contributed by atoms with van der Waals surface area (Å²) in [6.45, 7) is 3.93. The van der Waals surface area contributed by atoms with Gasteiger partial charge >= 0.3 is 0 Å². The summed E-state index contributed by atoms with van der Waals surface area (Å²) in [4.78, 5) is 20.2. The third-order valence-electron chi connectivity index (χ3n) is 5.99. The van der Waals surface area contributed by atoms with Crippen LogP contribution < -0.4 is 10.1 Å². The Hall–Kier alpha value is -3.18. The van der Waals surface area contributed by atoms with E-state index in [9.17, 15) is 4.79 Å². The van der Waals surface area contributed by atoms with Gasteiger partial charge in [-0.05, 0) is 50.1 Å². The molecule has 1 aromatic heterocycles. The number of aromatic nitrogens is 1. The fourth-order valence-corrected chi connectivity index (χ4v) is 4.45. The molecule has 0 bridgehead atoms. The summed E-state index contributed by atoms with van der Waals surface area (Å²) in [5.74, 6) is 0.840. The van der Waals surface area contributed by atoms with Gasteiger partial charge in [-0.1, -0.05) is 54.6 Å². The van der Waals surface area contributed by atoms with Crippen molar-refractivity contribution in [3.05, 3.63) is 95.3 Å². The molecule has 4 rings (SSSR count). The SMILES string of the molecule is CNC(=O)C1(c2cccc(C)n2)CCCN1Cc1ccccc1OCc1ccccc1. The lowest BCUT2D eigenvalue weighted by Crippen LogP contribution is -2.52. The maximum atomic E-state index is 13.2. The molecule has 0 aliphatic carbocycles. The number of rotatable bonds is 7. The standard InChI is InChI=1S/C26H29N3O2/c1-20-10-8-15-24(28-20)26(25(30)27-2)16-9-17-29(26)18-22-13-6-7-14-23(22)31-19-21-11-4-3-5-12-21/h3-8,10-15H,9,16-19H2,1-2H3,(H,27,30). The quantitative estimate of drug-likeness (QED) is 0.628. The molecule has 160 valence electrons. The fourth-order valence-electron chi connectivity index (χ4n) is 4.45. The third kappa shape index (κ3) is 4.32. The van der Waals surface area contributed by atoms with Gasteiger partial charge in [-0.15, -0.1) is 0 Å². The molecule has 0 saturated carbocycles. The smallest absolute Gasteiger partial charge is 0.246 e. The van der Waals surface area contributed by atoms with Crippen LogP contribution in [-0.2, 0) is 23.5 Å². The molecule has 1 amide bonds. The van der Waals surface area contributed by atoms with Crippen LogP contribution in [0.15, 0.2) is 72.8 Å². The van der Waals surface area contributed by atoms with Crippen molar-refractivity contribution in [3.63, 3.8) is 0 Å². The first-order valence-electron chi connectivity index (χ1n) is 10.8. The molecule has 1 N–H and O–H groups in total. The predicted molar refractivity (Wildman–Crippen MR) is 122 cm³/mol. The van der Waals surface area contributed by atoms with Gasteiger partial charge in [0.25, 0.3) is 0 Å². The van der Waals surface area contributed by atoms with Gasteiger partial charge in [0.05, 0.1) is 5.69 Å². The number of pyridine rings is 1. The normalized spacial score (nSPS) is 18.6. The molecule has 0 radical (unpaired) electrons. The van der Waals surface area contributed by atoms with E-state index in [0.717, 1.165) is 47.7 Å². The molecule has 31 heavy (non-hydrogen) atoms. The number of benzene rings is 2. The molecule has 5 nitrogen and oxygen atoms in total. The second-order valence-electron chi connectivity index (χ2n) is 8.01. The van der Waals surface area contributed by atoms with E-state index >= 15 is 0 Å². The Morgan fingerprint density at radius 1 is 1.06 bits per heavy atom. The van der Waals surface area contributed by atoms with E-state index in [4.69, 9.17) is 9.72 Å². The zero-order valence-corrected chi connectivity index (χ0v) is 18.2. The molecular formula is C26H29N3O2. The molecule has 1 fully saturated rings. The second-order valence-corrected chi connectivity index (χ2v) is 8.01. The highest BCUT2D eigenvalue weighted by Crippen LogP contribution is 2.40. The lowest BCUT2D eigenvalue weighted by Gasteiger charge is -2.36. The molecule has 2 heterocycles. The highest BCUT2D eigenvalue weighted by molar-refractivity contribution is 5.87. The van der Waals surface area contributed by atoms with Gasteiger partial charge < -0.3 is 10.1 Å². The molecule has 1 saturated heterocycles. The Kier molecular flexibility index (Phi) is 6.33. The molecule has 0 spiro atoms. The Morgan fingerprint density at radius 2 is 1.84 bits per heavy atom. The van der Waals surface area contributed by atoms with Crippen molar-refractivity contribution in [2.24, 2.45) is 0 Å². The van der Waals surface area contributed by atoms with Crippen molar-refractivity contribution in [2.75, 3.05) is 13.6 Å². The number of hydrogen-bond acceptors (Lipinski definition) is 4. The van der Waals surface area contributed by atoms with E-state index in [1.807, 2.05) is 61.5 Å². The summed E-state index contributed by atoms with van der Waals surface area (Å²) in [6.07, 6.45) is 1.69. The van der Waals surface area contributed by atoms with Crippen molar-refractivity contribution < 1.29 is 9.53 Å². The summed E-state index contributed by atoms with van der Waals surface area (Å²) in [5, 5.41) is 2.89. The average Bonchev–Trinajstić information content (AvgIpc) is 3.23. The predicted octanol–water partition coefficient (Wildman–Crippen LogP) is 4.21. The number of hydrogen-bond donors (Lipinski definition) is 1. The van der Waals surface area contributed by atoms with Crippen molar-refractivity contribution in [2.45, 2.75) is 38.5 Å². The van der Waals surface area contributed by atoms with Gasteiger partial charge in [0.15, 0.2) is 0 Å². The van der Waals surface area contributed by atoms with Crippen LogP contribution in [0.5, 0.6) is 5.75 Å². The number of amides is 1. The average molecular weight is 416 g/mol. The van der Waals surface area contributed by atoms with Crippen LogP contribution in [0, 0.1) is 6.92 Å². The van der Waals surface area contributed by atoms with Crippen molar-refractivity contribution in [3.8, 4) is 5.75 Å². The molecule has 1 aliphatic heterocycles. The molecule has 5 heteroatoms. The Morgan fingerprint density at radius 3 is 2.61 bits per heavy atom. The molecular weight excluding hydrogens is 386 g/mol. The number of para-hydroxylation sites is 1. The monoisotopic (exact) mass is 415 g/mol. The maximum Gasteiger partial charge on any atom is 0.246 e. The highest BCUT2D eigenvalue weighted by Gasteiger charge is 2.49. The van der Waals surface area contributed by atoms with Gasteiger partial charge in [0.1, 0.15) is 17.9 Å². The highest BCUT2D eigenvalue weighted by atomic mass is 16.5. The molecule has 1 atom stereocenters. The molecule has 3 aromatic rings. The van der Waals surface area contributed by atoms with Gasteiger partial charge in [0, 0.05) is 24.8 Å². The zero-order valence-electron chi connectivity index (χ0n) is 18.2. The largest absolute Gasteiger partial charge is 0.489 e. The summed E-state index contributed by atoms with van der Waals surface area (Å²) >= 11 is 0. The minimum atomic E-state index is -0.771.